The first-order valence-corrected chi connectivity index (χ1v) is 8.27. The van der Waals surface area contributed by atoms with Gasteiger partial charge >= 0.3 is 0 Å². The van der Waals surface area contributed by atoms with E-state index in [2.05, 4.69) is 34.6 Å². The van der Waals surface area contributed by atoms with Crippen molar-refractivity contribution < 1.29 is 0 Å². The second-order valence-electron chi connectivity index (χ2n) is 7.25. The maximum absolute atomic E-state index is 6.75. The topological polar surface area (TPSA) is 26.0 Å². The third-order valence-corrected chi connectivity index (χ3v) is 6.53. The van der Waals surface area contributed by atoms with E-state index in [1.54, 1.807) is 0 Å². The molecule has 2 aliphatic carbocycles. The van der Waals surface area contributed by atoms with Gasteiger partial charge in [-0.3, -0.25) is 0 Å². The van der Waals surface area contributed by atoms with E-state index in [0.717, 1.165) is 17.8 Å². The summed E-state index contributed by atoms with van der Waals surface area (Å²) in [5, 5.41) is 0. The van der Waals surface area contributed by atoms with Gasteiger partial charge in [0.15, 0.2) is 0 Å². The van der Waals surface area contributed by atoms with Gasteiger partial charge < -0.3 is 5.73 Å². The predicted octanol–water partition coefficient (Wildman–Crippen LogP) is 4.66. The predicted molar refractivity (Wildman–Crippen MR) is 86.0 cm³/mol. The van der Waals surface area contributed by atoms with E-state index in [9.17, 15) is 0 Å². The van der Waals surface area contributed by atoms with Gasteiger partial charge in [-0.2, -0.15) is 0 Å². The molecule has 3 unspecified atom stereocenters. The summed E-state index contributed by atoms with van der Waals surface area (Å²) in [6.45, 7) is 11.3. The van der Waals surface area contributed by atoms with Gasteiger partial charge in [0.05, 0.1) is 0 Å². The fourth-order valence-corrected chi connectivity index (χ4v) is 4.80. The van der Waals surface area contributed by atoms with Crippen LogP contribution in [0.5, 0.6) is 0 Å². The van der Waals surface area contributed by atoms with Crippen molar-refractivity contribution in [2.24, 2.45) is 23.5 Å². The van der Waals surface area contributed by atoms with Gasteiger partial charge in [-0.25, -0.2) is 0 Å². The summed E-state index contributed by atoms with van der Waals surface area (Å²) >= 11 is 0. The lowest BCUT2D eigenvalue weighted by molar-refractivity contribution is 0.480. The maximum atomic E-state index is 6.75. The smallest absolute Gasteiger partial charge is 0.0334 e. The van der Waals surface area contributed by atoms with Crippen LogP contribution in [0.1, 0.15) is 65.1 Å². The minimum absolute atomic E-state index is 0.265. The third kappa shape index (κ3) is 1.94. The quantitative estimate of drug-likeness (QED) is 0.831. The Morgan fingerprint density at radius 1 is 0.750 bits per heavy atom. The molecule has 3 atom stereocenters. The minimum atomic E-state index is 0.265. The Morgan fingerprint density at radius 3 is 1.60 bits per heavy atom. The summed E-state index contributed by atoms with van der Waals surface area (Å²) in [5.41, 5.74) is 15.4. The highest BCUT2D eigenvalue weighted by Gasteiger charge is 2.53. The molecule has 2 aliphatic rings. The van der Waals surface area contributed by atoms with E-state index in [0.29, 0.717) is 0 Å². The van der Waals surface area contributed by atoms with Crippen molar-refractivity contribution in [2.45, 2.75) is 66.3 Å². The van der Waals surface area contributed by atoms with Crippen LogP contribution in [0.25, 0.3) is 0 Å². The molecule has 0 amide bonds. The van der Waals surface area contributed by atoms with E-state index < -0.39 is 0 Å². The van der Waals surface area contributed by atoms with Crippen LogP contribution in [-0.2, 0) is 0 Å². The standard InChI is InChI=1S/C19H29N/c1-10-11(2)13(4)17(14(5)12(10)3)19(20)18-15-8-6-7-9-16(15)18/h15-16,18-19H,6-9,20H2,1-5H3. The zero-order valence-electron chi connectivity index (χ0n) is 13.7. The summed E-state index contributed by atoms with van der Waals surface area (Å²) in [6.07, 6.45) is 5.69. The monoisotopic (exact) mass is 271 g/mol. The van der Waals surface area contributed by atoms with E-state index in [1.807, 2.05) is 0 Å². The molecular formula is C19H29N. The van der Waals surface area contributed by atoms with Crippen molar-refractivity contribution in [2.75, 3.05) is 0 Å². The van der Waals surface area contributed by atoms with Gasteiger partial charge in [0.2, 0.25) is 0 Å². The van der Waals surface area contributed by atoms with Gasteiger partial charge in [0.1, 0.15) is 0 Å². The first kappa shape index (κ1) is 14.1. The number of hydrogen-bond acceptors (Lipinski definition) is 1. The molecule has 1 nitrogen and oxygen atoms in total. The first-order chi connectivity index (χ1) is 9.45. The Balaban J connectivity index is 1.98. The first-order valence-electron chi connectivity index (χ1n) is 8.27. The van der Waals surface area contributed by atoms with Crippen molar-refractivity contribution in [3.05, 3.63) is 33.4 Å². The van der Waals surface area contributed by atoms with Crippen LogP contribution >= 0.6 is 0 Å². The lowest BCUT2D eigenvalue weighted by atomic mass is 9.84. The molecule has 1 aromatic rings. The van der Waals surface area contributed by atoms with Crippen LogP contribution in [-0.4, -0.2) is 0 Å². The van der Waals surface area contributed by atoms with Crippen molar-refractivity contribution in [1.82, 2.24) is 0 Å². The highest BCUT2D eigenvalue weighted by molar-refractivity contribution is 5.51. The van der Waals surface area contributed by atoms with E-state index >= 15 is 0 Å². The van der Waals surface area contributed by atoms with Crippen molar-refractivity contribution in [3.63, 3.8) is 0 Å². The third-order valence-electron chi connectivity index (χ3n) is 6.53. The van der Waals surface area contributed by atoms with Gasteiger partial charge in [0.25, 0.3) is 0 Å². The van der Waals surface area contributed by atoms with Gasteiger partial charge in [-0.1, -0.05) is 12.8 Å². The molecule has 0 saturated heterocycles. The molecule has 2 N–H and O–H groups in total. The summed E-state index contributed by atoms with van der Waals surface area (Å²) in [5.74, 6) is 2.62. The molecule has 0 radical (unpaired) electrons. The van der Waals surface area contributed by atoms with E-state index in [-0.39, 0.29) is 6.04 Å². The lowest BCUT2D eigenvalue weighted by Gasteiger charge is -2.23. The second-order valence-corrected chi connectivity index (χ2v) is 7.25. The molecule has 0 bridgehead atoms. The molecule has 2 saturated carbocycles. The van der Waals surface area contributed by atoms with Crippen LogP contribution in [0, 0.1) is 52.4 Å². The number of benzene rings is 1. The molecule has 1 heteroatoms. The second kappa shape index (κ2) is 4.87. The zero-order valence-corrected chi connectivity index (χ0v) is 13.7. The Morgan fingerprint density at radius 2 is 1.15 bits per heavy atom. The normalized spacial score (nSPS) is 30.0. The summed E-state index contributed by atoms with van der Waals surface area (Å²) in [7, 11) is 0. The van der Waals surface area contributed by atoms with Gasteiger partial charge in [0, 0.05) is 6.04 Å². The van der Waals surface area contributed by atoms with Gasteiger partial charge in [-0.05, 0) is 98.6 Å². The molecule has 20 heavy (non-hydrogen) atoms. The fourth-order valence-electron chi connectivity index (χ4n) is 4.80. The maximum Gasteiger partial charge on any atom is 0.0334 e. The van der Waals surface area contributed by atoms with E-state index in [4.69, 9.17) is 5.73 Å². The summed E-state index contributed by atoms with van der Waals surface area (Å²) < 4.78 is 0. The average Bonchev–Trinajstić information content (AvgIpc) is 3.17. The lowest BCUT2D eigenvalue weighted by Crippen LogP contribution is -2.19. The molecule has 3 rings (SSSR count). The molecule has 0 heterocycles. The Bertz CT molecular complexity index is 502. The summed E-state index contributed by atoms with van der Waals surface area (Å²) in [6, 6.07) is 0.265. The number of rotatable bonds is 2. The Hall–Kier alpha value is -0.820. The Kier molecular flexibility index (Phi) is 3.44. The molecule has 1 aromatic carbocycles. The molecule has 0 spiro atoms. The Labute approximate surface area is 124 Å². The van der Waals surface area contributed by atoms with Crippen LogP contribution < -0.4 is 5.73 Å². The highest BCUT2D eigenvalue weighted by atomic mass is 14.7. The number of fused-ring (bicyclic) bond motifs is 1. The minimum Gasteiger partial charge on any atom is -0.324 e. The average molecular weight is 271 g/mol. The van der Waals surface area contributed by atoms with E-state index in [1.165, 1.54) is 59.1 Å². The number of hydrogen-bond donors (Lipinski definition) is 1. The fraction of sp³-hybridized carbons (Fsp3) is 0.684. The molecule has 0 aromatic heterocycles. The van der Waals surface area contributed by atoms with Crippen LogP contribution in [0.3, 0.4) is 0 Å². The zero-order chi connectivity index (χ0) is 14.6. The van der Waals surface area contributed by atoms with Gasteiger partial charge in [-0.15, -0.1) is 0 Å². The van der Waals surface area contributed by atoms with Crippen LogP contribution in [0.15, 0.2) is 0 Å². The number of nitrogens with two attached hydrogens (primary N) is 1. The molecule has 0 aliphatic heterocycles. The van der Waals surface area contributed by atoms with Crippen molar-refractivity contribution in [3.8, 4) is 0 Å². The van der Waals surface area contributed by atoms with Crippen molar-refractivity contribution in [1.29, 1.82) is 0 Å². The molecular weight excluding hydrogens is 242 g/mol. The molecule has 110 valence electrons. The molecule has 2 fully saturated rings. The SMILES string of the molecule is Cc1c(C)c(C)c(C(N)C2C3CCCCC32)c(C)c1C. The van der Waals surface area contributed by atoms with Crippen LogP contribution in [0.2, 0.25) is 0 Å². The van der Waals surface area contributed by atoms with Crippen molar-refractivity contribution >= 4 is 0 Å². The highest BCUT2D eigenvalue weighted by Crippen LogP contribution is 2.60. The largest absolute Gasteiger partial charge is 0.324 e. The summed E-state index contributed by atoms with van der Waals surface area (Å²) in [4.78, 5) is 0. The van der Waals surface area contributed by atoms with Crippen LogP contribution in [0.4, 0.5) is 0 Å².